The van der Waals surface area contributed by atoms with Gasteiger partial charge in [-0.15, -0.1) is 11.8 Å². The van der Waals surface area contributed by atoms with Crippen LogP contribution in [0.3, 0.4) is 0 Å². The van der Waals surface area contributed by atoms with Crippen molar-refractivity contribution in [2.75, 3.05) is 5.75 Å². The Kier molecular flexibility index (Phi) is 23.5. The molecule has 0 aliphatic rings. The van der Waals surface area contributed by atoms with Crippen LogP contribution in [0.4, 0.5) is 23.5 Å². The molecule has 0 N–H and O–H groups in total. The van der Waals surface area contributed by atoms with Gasteiger partial charge in [0.1, 0.15) is 0 Å². The second-order valence-corrected chi connectivity index (χ2v) is 6.35. The standard InChI is InChI=1S/C19H24S.5FH/c1-2-3-5-8-17-11-13-18(14-12-17)15-16-20-19-9-6-4-7-10-19;;;;;/h4,6-7,9-14H,2-3,5,8,15-16H2,1H3;5*1H. The molecule has 25 heavy (non-hydrogen) atoms. The SMILES string of the molecule is CCCCCc1ccc(CCSc2ccccc2)cc1.F.F.F.F.F. The van der Waals surface area contributed by atoms with Crippen molar-refractivity contribution in [1.29, 1.82) is 0 Å². The van der Waals surface area contributed by atoms with Crippen molar-refractivity contribution in [2.45, 2.75) is 43.9 Å². The van der Waals surface area contributed by atoms with E-state index in [9.17, 15) is 0 Å². The molecule has 2 rings (SSSR count). The monoisotopic (exact) mass is 384 g/mol. The van der Waals surface area contributed by atoms with Gasteiger partial charge in [0.15, 0.2) is 0 Å². The number of hydrogen-bond acceptors (Lipinski definition) is 1. The summed E-state index contributed by atoms with van der Waals surface area (Å²) in [6, 6.07) is 19.8. The van der Waals surface area contributed by atoms with Crippen molar-refractivity contribution >= 4 is 11.8 Å². The van der Waals surface area contributed by atoms with E-state index in [4.69, 9.17) is 0 Å². The Morgan fingerprint density at radius 3 is 1.68 bits per heavy atom. The van der Waals surface area contributed by atoms with Crippen LogP contribution in [0.1, 0.15) is 37.3 Å². The second-order valence-electron chi connectivity index (χ2n) is 5.19. The molecule has 0 fully saturated rings. The van der Waals surface area contributed by atoms with E-state index in [0.29, 0.717) is 0 Å². The first kappa shape index (κ1) is 31.2. The maximum Gasteiger partial charge on any atom is 0.00720 e. The molecule has 0 saturated heterocycles. The third-order valence-electron chi connectivity index (χ3n) is 3.49. The highest BCUT2D eigenvalue weighted by atomic mass is 32.2. The largest absolute Gasteiger partial charge is 0.269 e. The van der Waals surface area contributed by atoms with Crippen LogP contribution in [0.15, 0.2) is 59.5 Å². The van der Waals surface area contributed by atoms with E-state index < -0.39 is 0 Å². The number of aryl methyl sites for hydroxylation is 2. The zero-order valence-corrected chi connectivity index (χ0v) is 15.2. The highest BCUT2D eigenvalue weighted by molar-refractivity contribution is 7.99. The molecule has 0 nitrogen and oxygen atoms in total. The molecular weight excluding hydrogens is 355 g/mol. The van der Waals surface area contributed by atoms with Gasteiger partial charge < -0.3 is 0 Å². The van der Waals surface area contributed by atoms with Gasteiger partial charge in [0.05, 0.1) is 0 Å². The number of thioether (sulfide) groups is 1. The predicted molar refractivity (Wildman–Crippen MR) is 103 cm³/mol. The van der Waals surface area contributed by atoms with E-state index in [1.807, 2.05) is 11.8 Å². The molecule has 0 saturated carbocycles. The maximum absolute atomic E-state index is 2.30. The van der Waals surface area contributed by atoms with Gasteiger partial charge in [-0.3, -0.25) is 23.5 Å². The predicted octanol–water partition coefficient (Wildman–Crippen LogP) is 6.52. The van der Waals surface area contributed by atoms with E-state index in [2.05, 4.69) is 61.5 Å². The van der Waals surface area contributed by atoms with Gasteiger partial charge in [-0.1, -0.05) is 62.2 Å². The first-order valence-corrected chi connectivity index (χ1v) is 8.62. The Morgan fingerprint density at radius 1 is 0.640 bits per heavy atom. The third kappa shape index (κ3) is 12.5. The molecule has 0 unspecified atom stereocenters. The van der Waals surface area contributed by atoms with Gasteiger partial charge in [-0.2, -0.15) is 0 Å². The van der Waals surface area contributed by atoms with Crippen molar-refractivity contribution < 1.29 is 23.5 Å². The number of hydrogen-bond donors (Lipinski definition) is 0. The molecular formula is C19H29F5S. The fourth-order valence-corrected chi connectivity index (χ4v) is 3.18. The maximum atomic E-state index is 2.30. The molecule has 2 aromatic rings. The van der Waals surface area contributed by atoms with Crippen molar-refractivity contribution in [2.24, 2.45) is 0 Å². The normalized spacial score (nSPS) is 8.52. The summed E-state index contributed by atoms with van der Waals surface area (Å²) in [5.41, 5.74) is 2.94. The molecule has 146 valence electrons. The topological polar surface area (TPSA) is 0 Å². The van der Waals surface area contributed by atoms with Gasteiger partial charge in [0.25, 0.3) is 0 Å². The quantitative estimate of drug-likeness (QED) is 0.284. The highest BCUT2D eigenvalue weighted by Crippen LogP contribution is 2.18. The summed E-state index contributed by atoms with van der Waals surface area (Å²) in [7, 11) is 0. The first-order valence-electron chi connectivity index (χ1n) is 7.64. The van der Waals surface area contributed by atoms with Crippen LogP contribution in [-0.4, -0.2) is 5.75 Å². The lowest BCUT2D eigenvalue weighted by Crippen LogP contribution is -1.90. The summed E-state index contributed by atoms with van der Waals surface area (Å²) in [5, 5.41) is 0. The molecule has 0 atom stereocenters. The zero-order chi connectivity index (χ0) is 14.0. The van der Waals surface area contributed by atoms with Crippen LogP contribution in [0.5, 0.6) is 0 Å². The van der Waals surface area contributed by atoms with Crippen molar-refractivity contribution in [1.82, 2.24) is 0 Å². The molecule has 0 aliphatic carbocycles. The number of rotatable bonds is 8. The van der Waals surface area contributed by atoms with Crippen molar-refractivity contribution in [3.05, 3.63) is 65.7 Å². The lowest BCUT2D eigenvalue weighted by molar-refractivity contribution is 0.717. The van der Waals surface area contributed by atoms with Crippen molar-refractivity contribution in [3.8, 4) is 0 Å². The Bertz CT molecular complexity index is 491. The zero-order valence-electron chi connectivity index (χ0n) is 14.4. The van der Waals surface area contributed by atoms with Gasteiger partial charge in [0, 0.05) is 10.6 Å². The average Bonchev–Trinajstić information content (AvgIpc) is 2.50. The molecule has 2 aromatic carbocycles. The van der Waals surface area contributed by atoms with Crippen molar-refractivity contribution in [3.63, 3.8) is 0 Å². The van der Waals surface area contributed by atoms with E-state index in [1.54, 1.807) is 0 Å². The average molecular weight is 384 g/mol. The molecule has 0 aliphatic heterocycles. The molecule has 6 heteroatoms. The van der Waals surface area contributed by atoms with Gasteiger partial charge in [-0.25, -0.2) is 0 Å². The minimum absolute atomic E-state index is 0. The summed E-state index contributed by atoms with van der Waals surface area (Å²) in [4.78, 5) is 1.36. The number of unbranched alkanes of at least 4 members (excludes halogenated alkanes) is 2. The van der Waals surface area contributed by atoms with Gasteiger partial charge in [0.2, 0.25) is 0 Å². The van der Waals surface area contributed by atoms with Crippen LogP contribution >= 0.6 is 11.8 Å². The molecule has 0 radical (unpaired) electrons. The van der Waals surface area contributed by atoms with E-state index in [-0.39, 0.29) is 23.5 Å². The smallest absolute Gasteiger partial charge is 0.00720 e. The molecule has 0 aromatic heterocycles. The molecule has 0 bridgehead atoms. The summed E-state index contributed by atoms with van der Waals surface area (Å²) in [5.74, 6) is 1.15. The van der Waals surface area contributed by atoms with Crippen LogP contribution in [0.25, 0.3) is 0 Å². The summed E-state index contributed by atoms with van der Waals surface area (Å²) in [6.07, 6.45) is 6.34. The van der Waals surface area contributed by atoms with E-state index in [1.165, 1.54) is 41.7 Å². The molecule has 0 spiro atoms. The Morgan fingerprint density at radius 2 is 1.16 bits per heavy atom. The van der Waals surface area contributed by atoms with Crippen LogP contribution in [0.2, 0.25) is 0 Å². The van der Waals surface area contributed by atoms with E-state index >= 15 is 0 Å². The first-order chi connectivity index (χ1) is 9.88. The minimum Gasteiger partial charge on any atom is -0.269 e. The van der Waals surface area contributed by atoms with Gasteiger partial charge in [-0.05, 0) is 42.5 Å². The summed E-state index contributed by atoms with van der Waals surface area (Å²) < 4.78 is 0. The van der Waals surface area contributed by atoms with Crippen LogP contribution in [-0.2, 0) is 12.8 Å². The number of benzene rings is 2. The number of halogens is 5. The molecule has 0 amide bonds. The third-order valence-corrected chi connectivity index (χ3v) is 4.51. The summed E-state index contributed by atoms with van der Waals surface area (Å²) >= 11 is 1.94. The van der Waals surface area contributed by atoms with E-state index in [0.717, 1.165) is 12.2 Å². The second kappa shape index (κ2) is 18.8. The Hall–Kier alpha value is -1.56. The van der Waals surface area contributed by atoms with Crippen LogP contribution < -0.4 is 0 Å². The minimum atomic E-state index is 0. The highest BCUT2D eigenvalue weighted by Gasteiger charge is 1.97. The fourth-order valence-electron chi connectivity index (χ4n) is 2.26. The Balaban J connectivity index is -0.000000441. The van der Waals surface area contributed by atoms with Crippen LogP contribution in [0, 0.1) is 0 Å². The summed E-state index contributed by atoms with van der Waals surface area (Å²) in [6.45, 7) is 2.26. The van der Waals surface area contributed by atoms with Gasteiger partial charge >= 0.3 is 0 Å². The Labute approximate surface area is 151 Å². The lowest BCUT2D eigenvalue weighted by atomic mass is 10.0. The molecule has 0 heterocycles. The lowest BCUT2D eigenvalue weighted by Gasteiger charge is -2.05. The fraction of sp³-hybridized carbons (Fsp3) is 0.368.